The number of hydrogen-bond acceptors (Lipinski definition) is 7. The Balaban J connectivity index is 2.13. The molecule has 0 radical (unpaired) electrons. The van der Waals surface area contributed by atoms with Crippen LogP contribution in [0, 0.1) is 16.7 Å². The number of thioether (sulfide) groups is 1. The number of rotatable bonds is 6. The molecule has 2 rings (SSSR count). The van der Waals surface area contributed by atoms with Crippen molar-refractivity contribution in [1.82, 2.24) is 20.2 Å². The standard InChI is InChI=1S/C19H26N6OS/c1-13(26)21-8-6-9-22-18-23-10-7-15(24-18)14(11-20)17-25(5)16(12-27-17)19(2,3)4/h7,10,12H,6,8-9H2,1-5H3,(H,21,26)(H,22,23,24)/b17-14-. The summed E-state index contributed by atoms with van der Waals surface area (Å²) in [5, 5.41) is 18.6. The lowest BCUT2D eigenvalue weighted by molar-refractivity contribution is -0.118. The average molecular weight is 387 g/mol. The van der Waals surface area contributed by atoms with Gasteiger partial charge in [-0.3, -0.25) is 4.79 Å². The zero-order chi connectivity index (χ0) is 20.0. The summed E-state index contributed by atoms with van der Waals surface area (Å²) in [6.07, 6.45) is 2.41. The van der Waals surface area contributed by atoms with Gasteiger partial charge in [-0.1, -0.05) is 32.5 Å². The summed E-state index contributed by atoms with van der Waals surface area (Å²) < 4.78 is 0. The summed E-state index contributed by atoms with van der Waals surface area (Å²) in [5.41, 5.74) is 2.29. The van der Waals surface area contributed by atoms with Crippen LogP contribution in [0.15, 0.2) is 28.4 Å². The molecule has 0 aliphatic carbocycles. The van der Waals surface area contributed by atoms with Crippen LogP contribution in [0.5, 0.6) is 0 Å². The van der Waals surface area contributed by atoms with Crippen LogP contribution in [-0.4, -0.2) is 40.9 Å². The van der Waals surface area contributed by atoms with Crippen molar-refractivity contribution in [2.45, 2.75) is 34.1 Å². The molecular weight excluding hydrogens is 360 g/mol. The van der Waals surface area contributed by atoms with Gasteiger partial charge in [-0.25, -0.2) is 9.97 Å². The van der Waals surface area contributed by atoms with E-state index in [1.165, 1.54) is 12.6 Å². The molecule has 0 unspecified atom stereocenters. The van der Waals surface area contributed by atoms with E-state index in [0.717, 1.165) is 11.4 Å². The minimum absolute atomic E-state index is 0.00361. The van der Waals surface area contributed by atoms with Crippen LogP contribution in [0.2, 0.25) is 0 Å². The number of carbonyl (C=O) groups is 1. The first kappa shape index (κ1) is 20.8. The number of allylic oxidation sites excluding steroid dienone is 2. The van der Waals surface area contributed by atoms with Gasteiger partial charge in [-0.15, -0.1) is 0 Å². The summed E-state index contributed by atoms with van der Waals surface area (Å²) in [4.78, 5) is 21.6. The molecule has 1 aromatic heterocycles. The third kappa shape index (κ3) is 5.47. The Morgan fingerprint density at radius 2 is 2.11 bits per heavy atom. The maximum Gasteiger partial charge on any atom is 0.223 e. The molecule has 0 saturated heterocycles. The molecule has 27 heavy (non-hydrogen) atoms. The van der Waals surface area contributed by atoms with Crippen LogP contribution in [0.4, 0.5) is 5.95 Å². The van der Waals surface area contributed by atoms with Crippen molar-refractivity contribution in [1.29, 1.82) is 5.26 Å². The molecule has 2 heterocycles. The molecule has 0 spiro atoms. The second-order valence-corrected chi connectivity index (χ2v) is 8.11. The van der Waals surface area contributed by atoms with E-state index < -0.39 is 0 Å². The SMILES string of the molecule is CC(=O)NCCCNc1nccc(/C(C#N)=C2\SC=C(C(C)(C)C)N2C)n1. The maximum absolute atomic E-state index is 10.9. The summed E-state index contributed by atoms with van der Waals surface area (Å²) in [6, 6.07) is 4.04. The van der Waals surface area contributed by atoms with E-state index in [4.69, 9.17) is 0 Å². The predicted octanol–water partition coefficient (Wildman–Crippen LogP) is 3.17. The number of anilines is 1. The van der Waals surface area contributed by atoms with E-state index in [1.54, 1.807) is 24.0 Å². The molecule has 0 saturated carbocycles. The molecule has 2 N–H and O–H groups in total. The van der Waals surface area contributed by atoms with Crippen molar-refractivity contribution >= 4 is 29.2 Å². The van der Waals surface area contributed by atoms with Crippen molar-refractivity contribution in [2.24, 2.45) is 5.41 Å². The second kappa shape index (κ2) is 8.91. The van der Waals surface area contributed by atoms with Crippen molar-refractivity contribution in [3.63, 3.8) is 0 Å². The highest BCUT2D eigenvalue weighted by molar-refractivity contribution is 8.06. The van der Waals surface area contributed by atoms with Crippen molar-refractivity contribution in [2.75, 3.05) is 25.5 Å². The molecule has 0 aromatic carbocycles. The van der Waals surface area contributed by atoms with Crippen LogP contribution in [0.1, 0.15) is 39.8 Å². The number of aromatic nitrogens is 2. The lowest BCUT2D eigenvalue weighted by Crippen LogP contribution is -2.23. The summed E-state index contributed by atoms with van der Waals surface area (Å²) in [6.45, 7) is 9.18. The van der Waals surface area contributed by atoms with Crippen LogP contribution >= 0.6 is 11.8 Å². The van der Waals surface area contributed by atoms with Gasteiger partial charge in [-0.2, -0.15) is 5.26 Å². The number of nitrogens with zero attached hydrogens (tertiary/aromatic N) is 4. The number of carbonyl (C=O) groups excluding carboxylic acids is 1. The highest BCUT2D eigenvalue weighted by Gasteiger charge is 2.30. The largest absolute Gasteiger partial charge is 0.356 e. The van der Waals surface area contributed by atoms with E-state index in [0.29, 0.717) is 30.3 Å². The third-order valence-electron chi connectivity index (χ3n) is 3.96. The topological polar surface area (TPSA) is 93.9 Å². The van der Waals surface area contributed by atoms with Gasteiger partial charge >= 0.3 is 0 Å². The Morgan fingerprint density at radius 3 is 2.70 bits per heavy atom. The van der Waals surface area contributed by atoms with Gasteiger partial charge in [-0.05, 0) is 17.9 Å². The molecule has 8 heteroatoms. The minimum atomic E-state index is -0.0417. The first-order valence-corrected chi connectivity index (χ1v) is 9.69. The fraction of sp³-hybridized carbons (Fsp3) is 0.474. The summed E-state index contributed by atoms with van der Waals surface area (Å²) in [7, 11) is 1.98. The van der Waals surface area contributed by atoms with Crippen molar-refractivity contribution < 1.29 is 4.79 Å². The van der Waals surface area contributed by atoms with E-state index >= 15 is 0 Å². The highest BCUT2D eigenvalue weighted by atomic mass is 32.2. The molecule has 1 aliphatic rings. The molecule has 7 nitrogen and oxygen atoms in total. The summed E-state index contributed by atoms with van der Waals surface area (Å²) in [5.74, 6) is 0.429. The fourth-order valence-corrected chi connectivity index (χ4v) is 3.90. The molecule has 1 amide bonds. The third-order valence-corrected chi connectivity index (χ3v) is 5.01. The first-order valence-electron chi connectivity index (χ1n) is 8.81. The average Bonchev–Trinajstić information content (AvgIpc) is 2.97. The van der Waals surface area contributed by atoms with Crippen molar-refractivity contribution in [3.8, 4) is 6.07 Å². The highest BCUT2D eigenvalue weighted by Crippen LogP contribution is 2.44. The first-order chi connectivity index (χ1) is 12.7. The van der Waals surface area contributed by atoms with Crippen LogP contribution < -0.4 is 10.6 Å². The molecule has 144 valence electrons. The Morgan fingerprint density at radius 1 is 1.37 bits per heavy atom. The quantitative estimate of drug-likeness (QED) is 0.573. The van der Waals surface area contributed by atoms with Crippen LogP contribution in [-0.2, 0) is 4.79 Å². The Bertz CT molecular complexity index is 803. The number of amides is 1. The monoisotopic (exact) mass is 386 g/mol. The number of hydrogen-bond donors (Lipinski definition) is 2. The van der Waals surface area contributed by atoms with E-state index in [9.17, 15) is 10.1 Å². The Labute approximate surface area is 164 Å². The van der Waals surface area contributed by atoms with Crippen LogP contribution in [0.3, 0.4) is 0 Å². The molecule has 0 bridgehead atoms. The van der Waals surface area contributed by atoms with E-state index in [-0.39, 0.29) is 11.3 Å². The van der Waals surface area contributed by atoms with Gasteiger partial charge in [0.1, 0.15) is 11.6 Å². The maximum atomic E-state index is 10.9. The van der Waals surface area contributed by atoms with Gasteiger partial charge in [0.25, 0.3) is 0 Å². The zero-order valence-corrected chi connectivity index (χ0v) is 17.3. The fourth-order valence-electron chi connectivity index (χ4n) is 2.64. The Kier molecular flexibility index (Phi) is 6.86. The van der Waals surface area contributed by atoms with E-state index in [2.05, 4.69) is 57.7 Å². The van der Waals surface area contributed by atoms with E-state index in [1.807, 2.05) is 7.05 Å². The van der Waals surface area contributed by atoms with Gasteiger partial charge in [0.2, 0.25) is 11.9 Å². The van der Waals surface area contributed by atoms with Crippen LogP contribution in [0.25, 0.3) is 5.57 Å². The molecule has 0 fully saturated rings. The Hall–Kier alpha value is -2.53. The normalized spacial score (nSPS) is 15.9. The zero-order valence-electron chi connectivity index (χ0n) is 16.5. The molecule has 1 aliphatic heterocycles. The van der Waals surface area contributed by atoms with Crippen molar-refractivity contribution in [3.05, 3.63) is 34.1 Å². The lowest BCUT2D eigenvalue weighted by atomic mass is 9.92. The van der Waals surface area contributed by atoms with Gasteiger partial charge in [0.05, 0.1) is 10.7 Å². The molecule has 0 atom stereocenters. The molecule has 1 aromatic rings. The van der Waals surface area contributed by atoms with Gasteiger partial charge < -0.3 is 15.5 Å². The molecular formula is C19H26N6OS. The summed E-state index contributed by atoms with van der Waals surface area (Å²) >= 11 is 1.55. The smallest absolute Gasteiger partial charge is 0.223 e. The number of nitrogens with one attached hydrogen (secondary N) is 2. The number of nitriles is 1. The van der Waals surface area contributed by atoms with Gasteiger partial charge in [0, 0.05) is 44.4 Å². The van der Waals surface area contributed by atoms with Gasteiger partial charge in [0.15, 0.2) is 0 Å². The minimum Gasteiger partial charge on any atom is -0.356 e. The second-order valence-electron chi connectivity index (χ2n) is 7.25. The lowest BCUT2D eigenvalue weighted by Gasteiger charge is -2.28. The predicted molar refractivity (Wildman–Crippen MR) is 109 cm³/mol.